The topological polar surface area (TPSA) is 51.2 Å². The van der Waals surface area contributed by atoms with E-state index in [2.05, 4.69) is 10.3 Å². The molecule has 0 bridgehead atoms. The van der Waals surface area contributed by atoms with E-state index in [0.717, 1.165) is 11.6 Å². The highest BCUT2D eigenvalue weighted by atomic mass is 35.5. The Morgan fingerprint density at radius 1 is 1.35 bits per heavy atom. The molecule has 1 heterocycles. The molecule has 0 unspecified atom stereocenters. The quantitative estimate of drug-likeness (QED) is 0.791. The third kappa shape index (κ3) is 4.88. The Bertz CT molecular complexity index is 781. The van der Waals surface area contributed by atoms with E-state index in [-0.39, 0.29) is 23.9 Å². The van der Waals surface area contributed by atoms with Crippen LogP contribution in [0.4, 0.5) is 13.2 Å². The number of aromatic nitrogens is 1. The number of nitrogens with zero attached hydrogens (tertiary/aromatic N) is 1. The molecule has 0 aliphatic rings. The zero-order valence-electron chi connectivity index (χ0n) is 14.2. The number of nitrogens with one attached hydrogen (secondary N) is 1. The number of hydrogen-bond donors (Lipinski definition) is 1. The fourth-order valence-corrected chi connectivity index (χ4v) is 2.76. The van der Waals surface area contributed by atoms with E-state index in [0.29, 0.717) is 17.6 Å². The zero-order valence-corrected chi connectivity index (χ0v) is 15.0. The monoisotopic (exact) mass is 386 g/mol. The van der Waals surface area contributed by atoms with Crippen LogP contribution in [-0.2, 0) is 17.5 Å². The molecule has 0 radical (unpaired) electrons. The Kier molecular flexibility index (Phi) is 6.47. The number of carbonyl (C=O) groups excluding carboxylic acids is 1. The summed E-state index contributed by atoms with van der Waals surface area (Å²) in [6.45, 7) is 1.72. The van der Waals surface area contributed by atoms with Gasteiger partial charge in [0, 0.05) is 23.3 Å². The number of rotatable bonds is 6. The lowest BCUT2D eigenvalue weighted by Gasteiger charge is -2.17. The molecular formula is C18H18ClF3N2O2. The fraction of sp³-hybridized carbons (Fsp3) is 0.333. The first-order valence-corrected chi connectivity index (χ1v) is 8.27. The summed E-state index contributed by atoms with van der Waals surface area (Å²) in [4.78, 5) is 16.2. The maximum Gasteiger partial charge on any atom is 0.417 e. The van der Waals surface area contributed by atoms with Crippen molar-refractivity contribution >= 4 is 17.5 Å². The summed E-state index contributed by atoms with van der Waals surface area (Å²) in [5.41, 5.74) is -0.00677. The molecule has 0 aliphatic carbocycles. The van der Waals surface area contributed by atoms with E-state index in [9.17, 15) is 18.0 Å². The molecule has 140 valence electrons. The zero-order chi connectivity index (χ0) is 19.3. The Morgan fingerprint density at radius 3 is 2.65 bits per heavy atom. The molecule has 1 amide bonds. The van der Waals surface area contributed by atoms with Gasteiger partial charge in [0.2, 0.25) is 11.8 Å². The number of hydrogen-bond acceptors (Lipinski definition) is 3. The molecule has 0 fully saturated rings. The maximum absolute atomic E-state index is 12.9. The summed E-state index contributed by atoms with van der Waals surface area (Å²) >= 11 is 5.96. The second-order valence-corrected chi connectivity index (χ2v) is 6.06. The highest BCUT2D eigenvalue weighted by Crippen LogP contribution is 2.31. The largest absolute Gasteiger partial charge is 0.481 e. The first-order valence-electron chi connectivity index (χ1n) is 7.89. The van der Waals surface area contributed by atoms with Crippen LogP contribution in [0.5, 0.6) is 5.88 Å². The van der Waals surface area contributed by atoms with Crippen molar-refractivity contribution in [2.75, 3.05) is 7.11 Å². The molecule has 0 saturated heterocycles. The smallest absolute Gasteiger partial charge is 0.417 e. The van der Waals surface area contributed by atoms with Gasteiger partial charge < -0.3 is 10.1 Å². The number of pyridine rings is 1. The summed E-state index contributed by atoms with van der Waals surface area (Å²) in [5.74, 6) is -0.734. The van der Waals surface area contributed by atoms with Gasteiger partial charge in [-0.25, -0.2) is 4.98 Å². The number of methoxy groups -OCH3 is 1. The molecule has 0 spiro atoms. The number of amides is 1. The van der Waals surface area contributed by atoms with Crippen LogP contribution in [0.1, 0.15) is 36.0 Å². The van der Waals surface area contributed by atoms with Crippen LogP contribution in [0.25, 0.3) is 0 Å². The highest BCUT2D eigenvalue weighted by Gasteiger charge is 2.32. The molecule has 2 aromatic rings. The Morgan fingerprint density at radius 2 is 2.08 bits per heavy atom. The standard InChI is InChI=1S/C18H18ClF3N2O2/c1-3-15(11-5-4-6-14(19)8-11)16(25)23-9-12-7-13(18(20,21)22)10-24-17(12)26-2/h4-8,10,15H,3,9H2,1-2H3,(H,23,25)/t15-/m0/s1. The van der Waals surface area contributed by atoms with Crippen LogP contribution in [0.15, 0.2) is 36.5 Å². The first-order chi connectivity index (χ1) is 12.3. The lowest BCUT2D eigenvalue weighted by molar-refractivity contribution is -0.137. The Labute approximate surface area is 154 Å². The minimum atomic E-state index is -4.52. The molecule has 1 aromatic carbocycles. The van der Waals surface area contributed by atoms with Gasteiger partial charge in [-0.15, -0.1) is 0 Å². The van der Waals surface area contributed by atoms with Crippen molar-refractivity contribution in [3.05, 3.63) is 58.2 Å². The molecular weight excluding hydrogens is 369 g/mol. The predicted octanol–water partition coefficient (Wildman–Crippen LogP) is 4.57. The molecule has 1 aromatic heterocycles. The summed E-state index contributed by atoms with van der Waals surface area (Å²) in [7, 11) is 1.31. The molecule has 0 saturated carbocycles. The highest BCUT2D eigenvalue weighted by molar-refractivity contribution is 6.30. The van der Waals surface area contributed by atoms with Crippen molar-refractivity contribution in [1.29, 1.82) is 0 Å². The van der Waals surface area contributed by atoms with Crippen molar-refractivity contribution in [3.8, 4) is 5.88 Å². The third-order valence-electron chi connectivity index (χ3n) is 3.87. The van der Waals surface area contributed by atoms with E-state index in [1.165, 1.54) is 7.11 Å². The van der Waals surface area contributed by atoms with Crippen molar-refractivity contribution in [3.63, 3.8) is 0 Å². The van der Waals surface area contributed by atoms with Crippen molar-refractivity contribution in [1.82, 2.24) is 10.3 Å². The Hall–Kier alpha value is -2.28. The number of benzene rings is 1. The van der Waals surface area contributed by atoms with Crippen LogP contribution < -0.4 is 10.1 Å². The van der Waals surface area contributed by atoms with Gasteiger partial charge in [-0.2, -0.15) is 13.2 Å². The molecule has 2 rings (SSSR count). The van der Waals surface area contributed by atoms with Crippen molar-refractivity contribution < 1.29 is 22.7 Å². The summed E-state index contributed by atoms with van der Waals surface area (Å²) < 4.78 is 43.6. The number of halogens is 4. The van der Waals surface area contributed by atoms with Gasteiger partial charge in [0.25, 0.3) is 0 Å². The van der Waals surface area contributed by atoms with Gasteiger partial charge >= 0.3 is 6.18 Å². The van der Waals surface area contributed by atoms with Crippen LogP contribution in [0, 0.1) is 0 Å². The number of ether oxygens (including phenoxy) is 1. The summed E-state index contributed by atoms with van der Waals surface area (Å²) in [6, 6.07) is 7.85. The molecule has 0 aliphatic heterocycles. The maximum atomic E-state index is 12.9. The van der Waals surface area contributed by atoms with Gasteiger partial charge in [-0.3, -0.25) is 4.79 Å². The Balaban J connectivity index is 2.17. The van der Waals surface area contributed by atoms with Crippen molar-refractivity contribution in [2.24, 2.45) is 0 Å². The van der Waals surface area contributed by atoms with E-state index in [4.69, 9.17) is 16.3 Å². The molecule has 1 atom stereocenters. The first kappa shape index (κ1) is 20.0. The van der Waals surface area contributed by atoms with Crippen LogP contribution in [0.2, 0.25) is 5.02 Å². The average Bonchev–Trinajstić information content (AvgIpc) is 2.59. The van der Waals surface area contributed by atoms with Gasteiger partial charge in [-0.05, 0) is 30.2 Å². The normalized spacial score (nSPS) is 12.5. The van der Waals surface area contributed by atoms with Crippen LogP contribution in [-0.4, -0.2) is 18.0 Å². The van der Waals surface area contributed by atoms with E-state index in [1.54, 1.807) is 24.3 Å². The second kappa shape index (κ2) is 8.40. The fourth-order valence-electron chi connectivity index (χ4n) is 2.56. The minimum Gasteiger partial charge on any atom is -0.481 e. The summed E-state index contributed by atoms with van der Waals surface area (Å²) in [5, 5.41) is 3.16. The molecule has 1 N–H and O–H groups in total. The van der Waals surface area contributed by atoms with Crippen LogP contribution >= 0.6 is 11.6 Å². The lowest BCUT2D eigenvalue weighted by Crippen LogP contribution is -2.29. The third-order valence-corrected chi connectivity index (χ3v) is 4.11. The van der Waals surface area contributed by atoms with Crippen LogP contribution in [0.3, 0.4) is 0 Å². The minimum absolute atomic E-state index is 0.0362. The predicted molar refractivity (Wildman–Crippen MR) is 92.1 cm³/mol. The number of alkyl halides is 3. The number of carbonyl (C=O) groups is 1. The molecule has 4 nitrogen and oxygen atoms in total. The van der Waals surface area contributed by atoms with E-state index < -0.39 is 17.7 Å². The van der Waals surface area contributed by atoms with E-state index >= 15 is 0 Å². The van der Waals surface area contributed by atoms with Crippen molar-refractivity contribution in [2.45, 2.75) is 32.0 Å². The van der Waals surface area contributed by atoms with Gasteiger partial charge in [0.05, 0.1) is 18.6 Å². The SMILES string of the molecule is CC[C@H](C(=O)NCc1cc(C(F)(F)F)cnc1OC)c1cccc(Cl)c1. The van der Waals surface area contributed by atoms with E-state index in [1.807, 2.05) is 6.92 Å². The lowest BCUT2D eigenvalue weighted by atomic mass is 9.95. The van der Waals surface area contributed by atoms with Gasteiger partial charge in [0.1, 0.15) is 0 Å². The summed E-state index contributed by atoms with van der Waals surface area (Å²) in [6.07, 6.45) is -3.31. The second-order valence-electron chi connectivity index (χ2n) is 5.62. The average molecular weight is 387 g/mol. The molecule has 26 heavy (non-hydrogen) atoms. The molecule has 8 heteroatoms. The van der Waals surface area contributed by atoms with Gasteiger partial charge in [-0.1, -0.05) is 30.7 Å². The van der Waals surface area contributed by atoms with Gasteiger partial charge in [0.15, 0.2) is 0 Å².